The van der Waals surface area contributed by atoms with Crippen molar-refractivity contribution in [2.24, 2.45) is 0 Å². The molecule has 1 atom stereocenters. The molecule has 0 saturated carbocycles. The van der Waals surface area contributed by atoms with Crippen molar-refractivity contribution in [3.8, 4) is 0 Å². The van der Waals surface area contributed by atoms with E-state index in [1.807, 2.05) is 0 Å². The molecule has 1 unspecified atom stereocenters. The van der Waals surface area contributed by atoms with Gasteiger partial charge in [-0.25, -0.2) is 0 Å². The fourth-order valence-corrected chi connectivity index (χ4v) is 1.11. The zero-order valence-corrected chi connectivity index (χ0v) is 8.39. The van der Waals surface area contributed by atoms with Gasteiger partial charge in [-0.15, -0.1) is 0 Å². The van der Waals surface area contributed by atoms with Crippen LogP contribution >= 0.6 is 0 Å². The molecule has 1 N–H and O–H groups in total. The molecule has 1 radical (unpaired) electrons. The first-order valence-corrected chi connectivity index (χ1v) is 4.84. The molecule has 0 heterocycles. The Bertz CT molecular complexity index is 123. The van der Waals surface area contributed by atoms with Crippen LogP contribution in [-0.4, -0.2) is 11.9 Å². The Morgan fingerprint density at radius 2 is 2.17 bits per heavy atom. The molecule has 12 heavy (non-hydrogen) atoms. The van der Waals surface area contributed by atoms with Crippen LogP contribution < -0.4 is 5.32 Å². The van der Waals surface area contributed by atoms with E-state index in [1.54, 1.807) is 13.3 Å². The van der Waals surface area contributed by atoms with Crippen LogP contribution in [0.25, 0.3) is 0 Å². The minimum atomic E-state index is 0.0537. The molecule has 2 heteroatoms. The molecular weight excluding hydrogens is 150 g/mol. The molecule has 0 aromatic carbocycles. The Hall–Kier alpha value is -0.530. The average Bonchev–Trinajstić information content (AvgIpc) is 2.11. The third kappa shape index (κ3) is 5.16. The second-order valence-electron chi connectivity index (χ2n) is 3.04. The van der Waals surface area contributed by atoms with E-state index >= 15 is 0 Å². The van der Waals surface area contributed by atoms with E-state index in [2.05, 4.69) is 19.2 Å². The zero-order chi connectivity index (χ0) is 9.40. The molecular formula is C10H20NO. The van der Waals surface area contributed by atoms with Crippen molar-refractivity contribution in [3.05, 3.63) is 6.42 Å². The maximum Gasteiger partial charge on any atom is 0.223 e. The summed E-state index contributed by atoms with van der Waals surface area (Å²) in [7, 11) is 0. The van der Waals surface area contributed by atoms with Crippen molar-refractivity contribution in [2.45, 2.75) is 52.5 Å². The van der Waals surface area contributed by atoms with Crippen LogP contribution in [0.3, 0.4) is 0 Å². The zero-order valence-electron chi connectivity index (χ0n) is 8.39. The van der Waals surface area contributed by atoms with E-state index in [0.717, 1.165) is 12.8 Å². The molecule has 0 aromatic rings. The number of carbonyl (C=O) groups excluding carboxylic acids is 1. The van der Waals surface area contributed by atoms with Gasteiger partial charge in [-0.05, 0) is 12.8 Å². The second kappa shape index (κ2) is 7.14. The van der Waals surface area contributed by atoms with Gasteiger partial charge in [-0.1, -0.05) is 33.6 Å². The van der Waals surface area contributed by atoms with Crippen molar-refractivity contribution in [1.82, 2.24) is 5.32 Å². The lowest BCUT2D eigenvalue weighted by Gasteiger charge is -2.15. The highest BCUT2D eigenvalue weighted by atomic mass is 16.1. The van der Waals surface area contributed by atoms with Gasteiger partial charge in [-0.3, -0.25) is 4.79 Å². The normalized spacial score (nSPS) is 12.6. The largest absolute Gasteiger partial charge is 0.353 e. The smallest absolute Gasteiger partial charge is 0.223 e. The Morgan fingerprint density at radius 3 is 2.58 bits per heavy atom. The number of unbranched alkanes of at least 4 members (excludes halogenated alkanes) is 1. The van der Waals surface area contributed by atoms with E-state index in [1.165, 1.54) is 12.8 Å². The Morgan fingerprint density at radius 1 is 1.50 bits per heavy atom. The molecule has 71 valence electrons. The molecule has 0 aliphatic rings. The molecule has 0 aromatic heterocycles. The quantitative estimate of drug-likeness (QED) is 0.651. The van der Waals surface area contributed by atoms with Gasteiger partial charge >= 0.3 is 0 Å². The molecule has 0 aliphatic heterocycles. The van der Waals surface area contributed by atoms with Crippen LogP contribution in [0.2, 0.25) is 0 Å². The lowest BCUT2D eigenvalue weighted by Crippen LogP contribution is -2.33. The van der Waals surface area contributed by atoms with Gasteiger partial charge in [0.1, 0.15) is 0 Å². The summed E-state index contributed by atoms with van der Waals surface area (Å²) in [4.78, 5) is 11.0. The summed E-state index contributed by atoms with van der Waals surface area (Å²) in [6.45, 7) is 6.04. The second-order valence-corrected chi connectivity index (χ2v) is 3.04. The van der Waals surface area contributed by atoms with E-state index < -0.39 is 0 Å². The maximum absolute atomic E-state index is 11.0. The van der Waals surface area contributed by atoms with Gasteiger partial charge in [0, 0.05) is 12.5 Å². The minimum absolute atomic E-state index is 0.0537. The molecule has 0 rings (SSSR count). The monoisotopic (exact) mass is 170 g/mol. The van der Waals surface area contributed by atoms with Crippen molar-refractivity contribution < 1.29 is 4.79 Å². The predicted octanol–water partition coefficient (Wildman–Crippen LogP) is 2.30. The van der Waals surface area contributed by atoms with E-state index in [0.29, 0.717) is 6.04 Å². The summed E-state index contributed by atoms with van der Waals surface area (Å²) in [6.07, 6.45) is 6.10. The predicted molar refractivity (Wildman–Crippen MR) is 51.7 cm³/mol. The number of amides is 1. The number of hydrogen-bond acceptors (Lipinski definition) is 1. The van der Waals surface area contributed by atoms with E-state index in [9.17, 15) is 4.79 Å². The number of nitrogens with one attached hydrogen (secondary N) is 1. The summed E-state index contributed by atoms with van der Waals surface area (Å²) >= 11 is 0. The Labute approximate surface area is 75.7 Å². The molecule has 1 amide bonds. The van der Waals surface area contributed by atoms with Gasteiger partial charge in [0.15, 0.2) is 0 Å². The molecule has 0 bridgehead atoms. The minimum Gasteiger partial charge on any atom is -0.353 e. The molecule has 2 nitrogen and oxygen atoms in total. The van der Waals surface area contributed by atoms with E-state index in [-0.39, 0.29) is 5.91 Å². The highest BCUT2D eigenvalue weighted by Crippen LogP contribution is 2.03. The van der Waals surface area contributed by atoms with Gasteiger partial charge in [0.25, 0.3) is 0 Å². The van der Waals surface area contributed by atoms with Crippen LogP contribution in [0, 0.1) is 6.42 Å². The van der Waals surface area contributed by atoms with Crippen LogP contribution in [0.4, 0.5) is 0 Å². The third-order valence-electron chi connectivity index (χ3n) is 2.01. The summed E-state index contributed by atoms with van der Waals surface area (Å²) in [5.74, 6) is 0.0537. The van der Waals surface area contributed by atoms with Gasteiger partial charge in [0.05, 0.1) is 0 Å². The summed E-state index contributed by atoms with van der Waals surface area (Å²) in [5.41, 5.74) is 0. The van der Waals surface area contributed by atoms with Crippen LogP contribution in [-0.2, 0) is 4.79 Å². The fraction of sp³-hybridized carbons (Fsp3) is 0.800. The lowest BCUT2D eigenvalue weighted by atomic mass is 10.1. The first kappa shape index (κ1) is 11.5. The molecule has 0 spiro atoms. The molecule has 0 saturated heterocycles. The van der Waals surface area contributed by atoms with Crippen molar-refractivity contribution in [2.75, 3.05) is 0 Å². The van der Waals surface area contributed by atoms with E-state index in [4.69, 9.17) is 0 Å². The van der Waals surface area contributed by atoms with Crippen LogP contribution in [0.15, 0.2) is 0 Å². The highest BCUT2D eigenvalue weighted by molar-refractivity contribution is 5.84. The summed E-state index contributed by atoms with van der Waals surface area (Å²) < 4.78 is 0. The van der Waals surface area contributed by atoms with Gasteiger partial charge < -0.3 is 5.32 Å². The summed E-state index contributed by atoms with van der Waals surface area (Å²) in [6, 6.07) is 0.369. The van der Waals surface area contributed by atoms with Crippen molar-refractivity contribution >= 4 is 5.91 Å². The highest BCUT2D eigenvalue weighted by Gasteiger charge is 2.07. The van der Waals surface area contributed by atoms with Crippen molar-refractivity contribution in [1.29, 1.82) is 0 Å². The first-order valence-electron chi connectivity index (χ1n) is 4.84. The van der Waals surface area contributed by atoms with Crippen molar-refractivity contribution in [3.63, 3.8) is 0 Å². The molecule has 0 fully saturated rings. The number of hydrogen-bond donors (Lipinski definition) is 1. The van der Waals surface area contributed by atoms with Gasteiger partial charge in [-0.2, -0.15) is 0 Å². The standard InChI is InChI=1S/C10H20NO/c1-4-7-8-9(5-2)11-10(12)6-3/h6,9H,4-5,7-8H2,1-3H3,(H,11,12). The maximum atomic E-state index is 11.0. The third-order valence-corrected chi connectivity index (χ3v) is 2.01. The summed E-state index contributed by atoms with van der Waals surface area (Å²) in [5, 5.41) is 2.96. The average molecular weight is 170 g/mol. The fourth-order valence-electron chi connectivity index (χ4n) is 1.11. The lowest BCUT2D eigenvalue weighted by molar-refractivity contribution is -0.118. The Kier molecular flexibility index (Phi) is 6.82. The Balaban J connectivity index is 3.59. The molecule has 0 aliphatic carbocycles. The van der Waals surface area contributed by atoms with Crippen LogP contribution in [0.1, 0.15) is 46.5 Å². The SMILES string of the molecule is C[CH]C(=O)NC(CC)CCCC. The first-order chi connectivity index (χ1) is 5.74. The van der Waals surface area contributed by atoms with Gasteiger partial charge in [0.2, 0.25) is 5.91 Å². The topological polar surface area (TPSA) is 29.1 Å². The van der Waals surface area contributed by atoms with Crippen LogP contribution in [0.5, 0.6) is 0 Å². The number of rotatable bonds is 6. The number of carbonyl (C=O) groups is 1.